The smallest absolute Gasteiger partial charge is 0.260 e. The molecule has 0 aliphatic rings. The van der Waals surface area contributed by atoms with Crippen LogP contribution in [0.5, 0.6) is 5.75 Å². The molecule has 1 aromatic rings. The van der Waals surface area contributed by atoms with Gasteiger partial charge in [0.05, 0.1) is 0 Å². The van der Waals surface area contributed by atoms with Crippen LogP contribution in [0.3, 0.4) is 0 Å². The van der Waals surface area contributed by atoms with Gasteiger partial charge >= 0.3 is 0 Å². The van der Waals surface area contributed by atoms with Gasteiger partial charge in [0.1, 0.15) is 5.75 Å². The number of nitrogens with one attached hydrogen (secondary N) is 1. The van der Waals surface area contributed by atoms with Gasteiger partial charge in [-0.25, -0.2) is 0 Å². The van der Waals surface area contributed by atoms with Crippen molar-refractivity contribution >= 4 is 5.91 Å². The topological polar surface area (TPSA) is 38.3 Å². The van der Waals surface area contributed by atoms with Crippen molar-refractivity contribution in [2.75, 3.05) is 7.05 Å². The summed E-state index contributed by atoms with van der Waals surface area (Å²) in [4.78, 5) is 11.4. The van der Waals surface area contributed by atoms with E-state index in [4.69, 9.17) is 4.74 Å². The highest BCUT2D eigenvalue weighted by Gasteiger charge is 2.16. The molecule has 16 heavy (non-hydrogen) atoms. The summed E-state index contributed by atoms with van der Waals surface area (Å²) in [6.07, 6.45) is 1.26. The molecule has 0 aromatic heterocycles. The minimum atomic E-state index is -0.405. The summed E-state index contributed by atoms with van der Waals surface area (Å²) in [6, 6.07) is 7.85. The molecule has 0 fully saturated rings. The molecule has 1 amide bonds. The molecule has 0 saturated heterocycles. The van der Waals surface area contributed by atoms with Crippen molar-refractivity contribution in [1.29, 1.82) is 0 Å². The fourth-order valence-corrected chi connectivity index (χ4v) is 1.45. The molecule has 1 rings (SSSR count). The van der Waals surface area contributed by atoms with Crippen molar-refractivity contribution in [3.63, 3.8) is 0 Å². The van der Waals surface area contributed by atoms with Crippen molar-refractivity contribution in [3.05, 3.63) is 29.8 Å². The van der Waals surface area contributed by atoms with Crippen LogP contribution in [0.2, 0.25) is 0 Å². The second kappa shape index (κ2) is 6.16. The van der Waals surface area contributed by atoms with Gasteiger partial charge in [0.25, 0.3) is 5.91 Å². The average Bonchev–Trinajstić information content (AvgIpc) is 2.35. The molecule has 0 radical (unpaired) electrons. The lowest BCUT2D eigenvalue weighted by Gasteiger charge is -2.16. The van der Waals surface area contributed by atoms with E-state index < -0.39 is 6.10 Å². The fraction of sp³-hybridized carbons (Fsp3) is 0.462. The van der Waals surface area contributed by atoms with Crippen LogP contribution in [0.15, 0.2) is 24.3 Å². The summed E-state index contributed by atoms with van der Waals surface area (Å²) in [6.45, 7) is 4.04. The van der Waals surface area contributed by atoms with Gasteiger partial charge in [0.15, 0.2) is 6.10 Å². The Morgan fingerprint density at radius 2 is 1.94 bits per heavy atom. The third-order valence-corrected chi connectivity index (χ3v) is 2.52. The van der Waals surface area contributed by atoms with Crippen LogP contribution in [0, 0.1) is 0 Å². The van der Waals surface area contributed by atoms with Crippen LogP contribution in [0.25, 0.3) is 0 Å². The lowest BCUT2D eigenvalue weighted by molar-refractivity contribution is -0.127. The van der Waals surface area contributed by atoms with Crippen LogP contribution >= 0.6 is 0 Å². The summed E-state index contributed by atoms with van der Waals surface area (Å²) in [5.41, 5.74) is 1.26. The Bertz CT molecular complexity index is 332. The summed E-state index contributed by atoms with van der Waals surface area (Å²) >= 11 is 0. The quantitative estimate of drug-likeness (QED) is 0.827. The predicted molar refractivity (Wildman–Crippen MR) is 64.6 cm³/mol. The van der Waals surface area contributed by atoms with Gasteiger partial charge in [-0.2, -0.15) is 0 Å². The number of hydrogen-bond acceptors (Lipinski definition) is 2. The zero-order chi connectivity index (χ0) is 12.0. The predicted octanol–water partition coefficient (Wildman–Crippen LogP) is 2.15. The Labute approximate surface area is 96.8 Å². The molecular formula is C13H19NO2. The Balaban J connectivity index is 2.66. The molecule has 88 valence electrons. The number of rotatable bonds is 5. The van der Waals surface area contributed by atoms with Crippen LogP contribution in [0.4, 0.5) is 0 Å². The van der Waals surface area contributed by atoms with E-state index in [-0.39, 0.29) is 5.91 Å². The number of aryl methyl sites for hydroxylation is 1. The van der Waals surface area contributed by atoms with Gasteiger partial charge in [0.2, 0.25) is 0 Å². The zero-order valence-corrected chi connectivity index (χ0v) is 10.1. The normalized spacial score (nSPS) is 11.9. The first kappa shape index (κ1) is 12.6. The summed E-state index contributed by atoms with van der Waals surface area (Å²) in [5, 5.41) is 2.59. The van der Waals surface area contributed by atoms with Gasteiger partial charge in [-0.15, -0.1) is 0 Å². The third-order valence-electron chi connectivity index (χ3n) is 2.52. The highest BCUT2D eigenvalue weighted by Crippen LogP contribution is 2.15. The van der Waals surface area contributed by atoms with E-state index in [2.05, 4.69) is 12.2 Å². The Morgan fingerprint density at radius 1 is 1.31 bits per heavy atom. The molecule has 0 saturated carbocycles. The van der Waals surface area contributed by atoms with E-state index in [1.54, 1.807) is 7.05 Å². The van der Waals surface area contributed by atoms with Crippen LogP contribution in [-0.2, 0) is 11.2 Å². The molecule has 0 heterocycles. The van der Waals surface area contributed by atoms with Gasteiger partial charge in [-0.05, 0) is 30.5 Å². The molecule has 3 nitrogen and oxygen atoms in total. The molecule has 3 heteroatoms. The average molecular weight is 221 g/mol. The summed E-state index contributed by atoms with van der Waals surface area (Å²) < 4.78 is 5.60. The SMILES string of the molecule is CCc1ccc(OC(CC)C(=O)NC)cc1. The van der Waals surface area contributed by atoms with E-state index in [1.165, 1.54) is 5.56 Å². The number of benzene rings is 1. The van der Waals surface area contributed by atoms with E-state index in [0.717, 1.165) is 12.2 Å². The van der Waals surface area contributed by atoms with Gasteiger partial charge in [-0.3, -0.25) is 4.79 Å². The van der Waals surface area contributed by atoms with Crippen molar-refractivity contribution in [2.24, 2.45) is 0 Å². The van der Waals surface area contributed by atoms with Gasteiger partial charge < -0.3 is 10.1 Å². The molecule has 0 bridgehead atoms. The monoisotopic (exact) mass is 221 g/mol. The number of likely N-dealkylation sites (N-methyl/N-ethyl adjacent to an activating group) is 1. The van der Waals surface area contributed by atoms with E-state index in [1.807, 2.05) is 31.2 Å². The second-order valence-electron chi connectivity index (χ2n) is 3.63. The van der Waals surface area contributed by atoms with Crippen molar-refractivity contribution in [2.45, 2.75) is 32.8 Å². The maximum atomic E-state index is 11.4. The first-order valence-corrected chi connectivity index (χ1v) is 5.68. The maximum absolute atomic E-state index is 11.4. The minimum absolute atomic E-state index is 0.0814. The zero-order valence-electron chi connectivity index (χ0n) is 10.1. The Morgan fingerprint density at radius 3 is 2.38 bits per heavy atom. The number of carbonyl (C=O) groups excluding carboxylic acids is 1. The number of amides is 1. The highest BCUT2D eigenvalue weighted by atomic mass is 16.5. The first-order valence-electron chi connectivity index (χ1n) is 5.68. The number of carbonyl (C=O) groups is 1. The minimum Gasteiger partial charge on any atom is -0.481 e. The molecular weight excluding hydrogens is 202 g/mol. The number of hydrogen-bond donors (Lipinski definition) is 1. The molecule has 1 unspecified atom stereocenters. The van der Waals surface area contributed by atoms with Crippen LogP contribution in [0.1, 0.15) is 25.8 Å². The second-order valence-corrected chi connectivity index (χ2v) is 3.63. The summed E-state index contributed by atoms with van der Waals surface area (Å²) in [7, 11) is 1.62. The van der Waals surface area contributed by atoms with Gasteiger partial charge in [0, 0.05) is 7.05 Å². The summed E-state index contributed by atoms with van der Waals surface area (Å²) in [5.74, 6) is 0.662. The van der Waals surface area contributed by atoms with Crippen LogP contribution in [-0.4, -0.2) is 19.1 Å². The van der Waals surface area contributed by atoms with Crippen molar-refractivity contribution < 1.29 is 9.53 Å². The Kier molecular flexibility index (Phi) is 4.83. The van der Waals surface area contributed by atoms with E-state index >= 15 is 0 Å². The lowest BCUT2D eigenvalue weighted by atomic mass is 10.2. The molecule has 0 spiro atoms. The molecule has 0 aliphatic heterocycles. The molecule has 0 aliphatic carbocycles. The Hall–Kier alpha value is -1.51. The van der Waals surface area contributed by atoms with Crippen molar-refractivity contribution in [1.82, 2.24) is 5.32 Å². The standard InChI is InChI=1S/C13H19NO2/c1-4-10-6-8-11(9-7-10)16-12(5-2)13(15)14-3/h6-9,12H,4-5H2,1-3H3,(H,14,15). The largest absolute Gasteiger partial charge is 0.481 e. The maximum Gasteiger partial charge on any atom is 0.260 e. The van der Waals surface area contributed by atoms with Crippen molar-refractivity contribution in [3.8, 4) is 5.75 Å². The molecule has 1 atom stereocenters. The van der Waals surface area contributed by atoms with E-state index in [0.29, 0.717) is 6.42 Å². The fourth-order valence-electron chi connectivity index (χ4n) is 1.45. The highest BCUT2D eigenvalue weighted by molar-refractivity contribution is 5.80. The van der Waals surface area contributed by atoms with E-state index in [9.17, 15) is 4.79 Å². The lowest BCUT2D eigenvalue weighted by Crippen LogP contribution is -2.35. The first-order chi connectivity index (χ1) is 7.71. The third kappa shape index (κ3) is 3.26. The molecule has 1 N–H and O–H groups in total. The van der Waals surface area contributed by atoms with Gasteiger partial charge in [-0.1, -0.05) is 26.0 Å². The number of ether oxygens (including phenoxy) is 1. The van der Waals surface area contributed by atoms with Crippen LogP contribution < -0.4 is 10.1 Å². The molecule has 1 aromatic carbocycles.